The quantitative estimate of drug-likeness (QED) is 0.795. The van der Waals surface area contributed by atoms with E-state index in [2.05, 4.69) is 0 Å². The zero-order valence-corrected chi connectivity index (χ0v) is 9.28. The number of nitrogens with zero attached hydrogens (tertiary/aromatic N) is 2. The molecule has 0 saturated carbocycles. The van der Waals surface area contributed by atoms with Crippen molar-refractivity contribution < 1.29 is 9.21 Å². The highest BCUT2D eigenvalue weighted by atomic mass is 35.5. The standard InChI is InChI=1S/C10H11ClN2O2/c1-7(3-5-12)13(2)10(14)8-4-6-15-9(8)11/h4,6-7H,3H2,1-2H3. The molecule has 0 aliphatic heterocycles. The summed E-state index contributed by atoms with van der Waals surface area (Å²) < 4.78 is 4.83. The summed E-state index contributed by atoms with van der Waals surface area (Å²) in [6.07, 6.45) is 1.65. The van der Waals surface area contributed by atoms with E-state index < -0.39 is 0 Å². The van der Waals surface area contributed by atoms with Crippen molar-refractivity contribution in [3.63, 3.8) is 0 Å². The Balaban J connectivity index is 2.78. The second kappa shape index (κ2) is 4.85. The van der Waals surface area contributed by atoms with Crippen LogP contribution in [0.2, 0.25) is 5.22 Å². The maximum absolute atomic E-state index is 11.8. The molecule has 1 rings (SSSR count). The monoisotopic (exact) mass is 226 g/mol. The largest absolute Gasteiger partial charge is 0.452 e. The third-order valence-electron chi connectivity index (χ3n) is 2.22. The Bertz CT molecular complexity index is 394. The van der Waals surface area contributed by atoms with Crippen molar-refractivity contribution in [2.75, 3.05) is 7.05 Å². The van der Waals surface area contributed by atoms with Crippen molar-refractivity contribution in [1.82, 2.24) is 4.90 Å². The van der Waals surface area contributed by atoms with Gasteiger partial charge in [-0.2, -0.15) is 5.26 Å². The SMILES string of the molecule is CC(CC#N)N(C)C(=O)c1ccoc1Cl. The van der Waals surface area contributed by atoms with E-state index in [1.165, 1.54) is 17.2 Å². The van der Waals surface area contributed by atoms with E-state index in [0.717, 1.165) is 0 Å². The molecule has 0 fully saturated rings. The van der Waals surface area contributed by atoms with Gasteiger partial charge in [-0.25, -0.2) is 0 Å². The summed E-state index contributed by atoms with van der Waals surface area (Å²) >= 11 is 5.68. The molecule has 1 unspecified atom stereocenters. The van der Waals surface area contributed by atoms with Gasteiger partial charge in [0.2, 0.25) is 5.22 Å². The highest BCUT2D eigenvalue weighted by molar-refractivity contribution is 6.32. The highest BCUT2D eigenvalue weighted by Gasteiger charge is 2.20. The average molecular weight is 227 g/mol. The van der Waals surface area contributed by atoms with Gasteiger partial charge in [-0.15, -0.1) is 0 Å². The normalized spacial score (nSPS) is 11.9. The molecule has 0 saturated heterocycles. The number of hydrogen-bond acceptors (Lipinski definition) is 3. The molecule has 0 aliphatic carbocycles. The zero-order valence-electron chi connectivity index (χ0n) is 8.53. The first-order chi connectivity index (χ1) is 7.07. The number of carbonyl (C=O) groups is 1. The lowest BCUT2D eigenvalue weighted by molar-refractivity contribution is 0.0746. The Labute approximate surface area is 93.0 Å². The van der Waals surface area contributed by atoms with E-state index in [4.69, 9.17) is 21.3 Å². The summed E-state index contributed by atoms with van der Waals surface area (Å²) in [5.74, 6) is -0.239. The summed E-state index contributed by atoms with van der Waals surface area (Å²) in [6, 6.07) is 3.38. The lowest BCUT2D eigenvalue weighted by atomic mass is 10.2. The van der Waals surface area contributed by atoms with E-state index >= 15 is 0 Å². The summed E-state index contributed by atoms with van der Waals surface area (Å²) in [5, 5.41) is 8.60. The Morgan fingerprint density at radius 3 is 2.93 bits per heavy atom. The molecule has 5 heteroatoms. The molecule has 80 valence electrons. The van der Waals surface area contributed by atoms with Gasteiger partial charge in [0.05, 0.1) is 24.3 Å². The first-order valence-electron chi connectivity index (χ1n) is 4.45. The molecule has 0 spiro atoms. The van der Waals surface area contributed by atoms with Crippen LogP contribution in [0.3, 0.4) is 0 Å². The van der Waals surface area contributed by atoms with Gasteiger partial charge in [0.25, 0.3) is 5.91 Å². The second-order valence-corrected chi connectivity index (χ2v) is 3.58. The van der Waals surface area contributed by atoms with Gasteiger partial charge in [0.15, 0.2) is 0 Å². The molecular formula is C10H11ClN2O2. The Hall–Kier alpha value is -1.47. The number of furan rings is 1. The van der Waals surface area contributed by atoms with E-state index in [9.17, 15) is 4.79 Å². The molecule has 0 bridgehead atoms. The number of rotatable bonds is 3. The molecule has 0 radical (unpaired) electrons. The second-order valence-electron chi connectivity index (χ2n) is 3.24. The van der Waals surface area contributed by atoms with Crippen molar-refractivity contribution in [3.8, 4) is 6.07 Å². The van der Waals surface area contributed by atoms with E-state index in [-0.39, 0.29) is 23.6 Å². The van der Waals surface area contributed by atoms with Crippen LogP contribution in [0.5, 0.6) is 0 Å². The van der Waals surface area contributed by atoms with Crippen molar-refractivity contribution in [3.05, 3.63) is 23.1 Å². The van der Waals surface area contributed by atoms with Crippen LogP contribution in [-0.4, -0.2) is 23.9 Å². The van der Waals surface area contributed by atoms with Crippen LogP contribution in [0, 0.1) is 11.3 Å². The smallest absolute Gasteiger partial charge is 0.258 e. The van der Waals surface area contributed by atoms with Crippen molar-refractivity contribution >= 4 is 17.5 Å². The number of hydrogen-bond donors (Lipinski definition) is 0. The number of halogens is 1. The Morgan fingerprint density at radius 1 is 1.80 bits per heavy atom. The number of nitriles is 1. The lowest BCUT2D eigenvalue weighted by Gasteiger charge is -2.22. The maximum Gasteiger partial charge on any atom is 0.258 e. The third kappa shape index (κ3) is 2.51. The molecular weight excluding hydrogens is 216 g/mol. The predicted molar refractivity (Wildman–Crippen MR) is 55.5 cm³/mol. The van der Waals surface area contributed by atoms with Gasteiger partial charge in [0.1, 0.15) is 0 Å². The molecule has 1 atom stereocenters. The molecule has 1 aromatic heterocycles. The first-order valence-corrected chi connectivity index (χ1v) is 4.82. The molecule has 0 N–H and O–H groups in total. The van der Waals surface area contributed by atoms with Gasteiger partial charge < -0.3 is 9.32 Å². The zero-order chi connectivity index (χ0) is 11.4. The minimum atomic E-state index is -0.239. The van der Waals surface area contributed by atoms with Gasteiger partial charge in [-0.05, 0) is 24.6 Å². The summed E-state index contributed by atoms with van der Waals surface area (Å²) in [5.41, 5.74) is 0.323. The van der Waals surface area contributed by atoms with Crippen LogP contribution >= 0.6 is 11.6 Å². The van der Waals surface area contributed by atoms with Crippen LogP contribution in [0.25, 0.3) is 0 Å². The van der Waals surface area contributed by atoms with Gasteiger partial charge >= 0.3 is 0 Å². The van der Waals surface area contributed by atoms with Gasteiger partial charge in [0, 0.05) is 13.1 Å². The molecule has 15 heavy (non-hydrogen) atoms. The Morgan fingerprint density at radius 2 is 2.47 bits per heavy atom. The average Bonchev–Trinajstić information content (AvgIpc) is 2.62. The minimum Gasteiger partial charge on any atom is -0.452 e. The summed E-state index contributed by atoms with van der Waals surface area (Å²) in [6.45, 7) is 1.80. The van der Waals surface area contributed by atoms with Gasteiger partial charge in [-0.3, -0.25) is 4.79 Å². The van der Waals surface area contributed by atoms with Crippen LogP contribution < -0.4 is 0 Å². The van der Waals surface area contributed by atoms with Crippen LogP contribution in [0.4, 0.5) is 0 Å². The fourth-order valence-electron chi connectivity index (χ4n) is 1.11. The van der Waals surface area contributed by atoms with Crippen LogP contribution in [0.1, 0.15) is 23.7 Å². The van der Waals surface area contributed by atoms with Crippen LogP contribution in [0.15, 0.2) is 16.7 Å². The topological polar surface area (TPSA) is 57.2 Å². The number of carbonyl (C=O) groups excluding carboxylic acids is 1. The molecule has 0 aliphatic rings. The number of amides is 1. The molecule has 1 amide bonds. The molecule has 4 nitrogen and oxygen atoms in total. The molecule has 1 heterocycles. The minimum absolute atomic E-state index is 0.0796. The van der Waals surface area contributed by atoms with E-state index in [1.807, 2.05) is 6.07 Å². The summed E-state index contributed by atoms with van der Waals surface area (Å²) in [7, 11) is 1.63. The molecule has 1 aromatic rings. The van der Waals surface area contributed by atoms with Crippen LogP contribution in [-0.2, 0) is 0 Å². The molecule has 0 aromatic carbocycles. The van der Waals surface area contributed by atoms with Gasteiger partial charge in [-0.1, -0.05) is 0 Å². The Kier molecular flexibility index (Phi) is 3.75. The van der Waals surface area contributed by atoms with Crippen molar-refractivity contribution in [2.24, 2.45) is 0 Å². The van der Waals surface area contributed by atoms with Crippen molar-refractivity contribution in [2.45, 2.75) is 19.4 Å². The van der Waals surface area contributed by atoms with E-state index in [1.54, 1.807) is 14.0 Å². The van der Waals surface area contributed by atoms with E-state index in [0.29, 0.717) is 5.56 Å². The lowest BCUT2D eigenvalue weighted by Crippen LogP contribution is -2.34. The fourth-order valence-corrected chi connectivity index (χ4v) is 1.30. The third-order valence-corrected chi connectivity index (χ3v) is 2.51. The first kappa shape index (κ1) is 11.6. The maximum atomic E-state index is 11.8. The predicted octanol–water partition coefficient (Wildman–Crippen LogP) is 2.31. The highest BCUT2D eigenvalue weighted by Crippen LogP contribution is 2.19. The van der Waals surface area contributed by atoms with Crippen molar-refractivity contribution in [1.29, 1.82) is 5.26 Å². The summed E-state index contributed by atoms with van der Waals surface area (Å²) in [4.78, 5) is 13.3. The fraction of sp³-hybridized carbons (Fsp3) is 0.400.